The number of halogens is 1. The van der Waals surface area contributed by atoms with Gasteiger partial charge >= 0.3 is 5.97 Å². The molecule has 33 heavy (non-hydrogen) atoms. The quantitative estimate of drug-likeness (QED) is 0.416. The smallest absolute Gasteiger partial charge is 0.278 e. The van der Waals surface area contributed by atoms with E-state index in [-0.39, 0.29) is 10.5 Å². The summed E-state index contributed by atoms with van der Waals surface area (Å²) in [5.41, 5.74) is 2.42. The minimum atomic E-state index is -3.88. The van der Waals surface area contributed by atoms with Crippen LogP contribution in [-0.2, 0) is 15.0 Å². The first-order valence-electron chi connectivity index (χ1n) is 9.94. The van der Waals surface area contributed by atoms with Crippen molar-refractivity contribution in [3.05, 3.63) is 107 Å². The Labute approximate surface area is 190 Å². The highest BCUT2D eigenvalue weighted by Gasteiger charge is 2.19. The molecule has 0 heterocycles. The molecular weight excluding hydrogens is 441 g/mol. The van der Waals surface area contributed by atoms with E-state index in [1.165, 1.54) is 12.1 Å². The van der Waals surface area contributed by atoms with Gasteiger partial charge in [0.25, 0.3) is 10.0 Å². The monoisotopic (exact) mass is 459 g/mol. The first kappa shape index (κ1) is 22.1. The Morgan fingerprint density at radius 1 is 0.848 bits per heavy atom. The molecule has 4 aromatic carbocycles. The Morgan fingerprint density at radius 3 is 2.24 bits per heavy atom. The van der Waals surface area contributed by atoms with E-state index in [0.29, 0.717) is 22.2 Å². The van der Waals surface area contributed by atoms with Crippen LogP contribution >= 0.6 is 0 Å². The lowest BCUT2D eigenvalue weighted by atomic mass is 10.1. The second-order valence-corrected chi connectivity index (χ2v) is 8.92. The molecule has 4 aromatic rings. The van der Waals surface area contributed by atoms with Gasteiger partial charge in [0.2, 0.25) is 0 Å². The number of hydrogen-bond donors (Lipinski definition) is 1. The Morgan fingerprint density at radius 2 is 1.52 bits per heavy atom. The van der Waals surface area contributed by atoms with Crippen molar-refractivity contribution in [2.45, 2.75) is 11.8 Å². The summed E-state index contributed by atoms with van der Waals surface area (Å²) in [4.78, 5) is 14.6. The second-order valence-electron chi connectivity index (χ2n) is 7.27. The molecule has 4 rings (SSSR count). The van der Waals surface area contributed by atoms with Crippen LogP contribution in [0.3, 0.4) is 0 Å². The molecule has 0 spiro atoms. The number of carbonyl (C=O) groups excluding carboxylic acids is 1. The average molecular weight is 459 g/mol. The fourth-order valence-electron chi connectivity index (χ4n) is 3.41. The Bertz CT molecular complexity index is 1520. The molecule has 0 saturated carbocycles. The zero-order chi connectivity index (χ0) is 23.4. The van der Waals surface area contributed by atoms with E-state index in [9.17, 15) is 17.7 Å². The van der Waals surface area contributed by atoms with Gasteiger partial charge in [-0.3, -0.25) is 4.72 Å². The molecule has 0 radical (unpaired) electrons. The van der Waals surface area contributed by atoms with Gasteiger partial charge in [0.05, 0.1) is 16.1 Å². The molecule has 164 valence electrons. The highest BCUT2D eigenvalue weighted by Crippen LogP contribution is 2.28. The molecule has 0 atom stereocenters. The number of anilines is 1. The molecule has 5 nitrogen and oxygen atoms in total. The van der Waals surface area contributed by atoms with Gasteiger partial charge in [-0.2, -0.15) is 0 Å². The lowest BCUT2D eigenvalue weighted by molar-refractivity contribution is -0.0788. The Hall–Kier alpha value is -4.15. The van der Waals surface area contributed by atoms with Crippen LogP contribution in [-0.4, -0.2) is 14.4 Å². The van der Waals surface area contributed by atoms with E-state index in [2.05, 4.69) is 21.5 Å². The summed E-state index contributed by atoms with van der Waals surface area (Å²) < 4.78 is 41.2. The van der Waals surface area contributed by atoms with Crippen molar-refractivity contribution in [1.29, 1.82) is 0 Å². The molecule has 7 heteroatoms. The van der Waals surface area contributed by atoms with Crippen LogP contribution in [0.1, 0.15) is 27.0 Å². The van der Waals surface area contributed by atoms with Crippen LogP contribution in [0.2, 0.25) is 0 Å². The molecule has 0 saturated heterocycles. The summed E-state index contributed by atoms with van der Waals surface area (Å²) in [5, 5.41) is 1.51. The third kappa shape index (κ3) is 4.71. The summed E-state index contributed by atoms with van der Waals surface area (Å²) in [6, 6.07) is 23.4. The summed E-state index contributed by atoms with van der Waals surface area (Å²) in [6.07, 6.45) is 0. The van der Waals surface area contributed by atoms with Crippen molar-refractivity contribution in [2.24, 2.45) is 0 Å². The number of para-hydroxylation sites is 1. The summed E-state index contributed by atoms with van der Waals surface area (Å²) in [5.74, 6) is 4.78. The maximum absolute atomic E-state index is 13.2. The SMILES string of the molecule is Cc1ccc(S(=O)(=O)Nc2ccccc2C#Cc2ccc(C(=O)OF)cc2)c2ccccc12. The largest absolute Gasteiger partial charge is 0.379 e. The van der Waals surface area contributed by atoms with Crippen LogP contribution < -0.4 is 4.72 Å². The predicted octanol–water partition coefficient (Wildman–Crippen LogP) is 5.39. The van der Waals surface area contributed by atoms with Gasteiger partial charge in [0.15, 0.2) is 0 Å². The van der Waals surface area contributed by atoms with Crippen molar-refractivity contribution >= 4 is 32.5 Å². The second kappa shape index (κ2) is 9.15. The van der Waals surface area contributed by atoms with E-state index in [4.69, 9.17) is 0 Å². The fourth-order valence-corrected chi connectivity index (χ4v) is 4.70. The number of sulfonamides is 1. The molecule has 0 aliphatic heterocycles. The number of rotatable bonds is 4. The van der Waals surface area contributed by atoms with Gasteiger partial charge in [0, 0.05) is 21.0 Å². The number of benzene rings is 4. The van der Waals surface area contributed by atoms with Gasteiger partial charge in [-0.05, 0) is 60.3 Å². The Balaban J connectivity index is 1.66. The van der Waals surface area contributed by atoms with Crippen LogP contribution in [0.25, 0.3) is 10.8 Å². The van der Waals surface area contributed by atoms with Gasteiger partial charge < -0.3 is 0 Å². The maximum atomic E-state index is 13.2. The minimum Gasteiger partial charge on any atom is -0.278 e. The molecule has 0 bridgehead atoms. The standard InChI is InChI=1S/C26H18FNO4S/c1-18-10-17-25(23-8-4-3-7-22(18)23)33(30,31)28-24-9-5-2-6-20(24)14-11-19-12-15-21(16-13-19)26(29)32-27/h2-10,12-13,15-17,28H,1H3. The van der Waals surface area contributed by atoms with Crippen molar-refractivity contribution in [2.75, 3.05) is 4.72 Å². The van der Waals surface area contributed by atoms with Gasteiger partial charge in [0.1, 0.15) is 0 Å². The molecule has 0 amide bonds. The molecule has 1 N–H and O–H groups in total. The minimum absolute atomic E-state index is 0.0570. The maximum Gasteiger partial charge on any atom is 0.379 e. The van der Waals surface area contributed by atoms with Crippen molar-refractivity contribution < 1.29 is 22.7 Å². The zero-order valence-corrected chi connectivity index (χ0v) is 18.3. The van der Waals surface area contributed by atoms with E-state index in [0.717, 1.165) is 10.9 Å². The van der Waals surface area contributed by atoms with Gasteiger partial charge in [-0.25, -0.2) is 18.2 Å². The molecular formula is C26H18FNO4S. The first-order valence-corrected chi connectivity index (χ1v) is 11.4. The summed E-state index contributed by atoms with van der Waals surface area (Å²) >= 11 is 0. The highest BCUT2D eigenvalue weighted by atomic mass is 32.2. The van der Waals surface area contributed by atoms with E-state index in [1.54, 1.807) is 60.7 Å². The number of nitrogens with one attached hydrogen (secondary N) is 1. The molecule has 0 aliphatic carbocycles. The molecule has 0 unspecified atom stereocenters. The average Bonchev–Trinajstić information content (AvgIpc) is 2.83. The third-order valence-corrected chi connectivity index (χ3v) is 6.52. The first-order chi connectivity index (χ1) is 15.9. The number of hydrogen-bond acceptors (Lipinski definition) is 4. The lowest BCUT2D eigenvalue weighted by Crippen LogP contribution is -2.14. The molecule has 0 aromatic heterocycles. The Kier molecular flexibility index (Phi) is 6.11. The van der Waals surface area contributed by atoms with Crippen LogP contribution in [0.5, 0.6) is 0 Å². The highest BCUT2D eigenvalue weighted by molar-refractivity contribution is 7.93. The van der Waals surface area contributed by atoms with Gasteiger partial charge in [-0.15, -0.1) is 0 Å². The summed E-state index contributed by atoms with van der Waals surface area (Å²) in [6.45, 7) is 1.93. The summed E-state index contributed by atoms with van der Waals surface area (Å²) in [7, 11) is -3.88. The molecule has 0 aliphatic rings. The van der Waals surface area contributed by atoms with Crippen LogP contribution in [0.4, 0.5) is 10.2 Å². The number of carbonyl (C=O) groups is 1. The zero-order valence-electron chi connectivity index (χ0n) is 17.5. The van der Waals surface area contributed by atoms with E-state index < -0.39 is 16.0 Å². The third-order valence-electron chi connectivity index (χ3n) is 5.10. The van der Waals surface area contributed by atoms with Crippen LogP contribution in [0, 0.1) is 18.8 Å². The number of fused-ring (bicyclic) bond motifs is 1. The van der Waals surface area contributed by atoms with Gasteiger partial charge in [-0.1, -0.05) is 54.3 Å². The predicted molar refractivity (Wildman–Crippen MR) is 125 cm³/mol. The topological polar surface area (TPSA) is 72.5 Å². The lowest BCUT2D eigenvalue weighted by Gasteiger charge is -2.13. The van der Waals surface area contributed by atoms with Crippen LogP contribution in [0.15, 0.2) is 89.8 Å². The molecule has 0 fully saturated rings. The number of aryl methyl sites for hydroxylation is 1. The fraction of sp³-hybridized carbons (Fsp3) is 0.0385. The van der Waals surface area contributed by atoms with E-state index >= 15 is 0 Å². The van der Waals surface area contributed by atoms with Crippen molar-refractivity contribution in [3.8, 4) is 11.8 Å². The van der Waals surface area contributed by atoms with Crippen molar-refractivity contribution in [3.63, 3.8) is 0 Å². The van der Waals surface area contributed by atoms with Crippen molar-refractivity contribution in [1.82, 2.24) is 0 Å². The normalized spacial score (nSPS) is 10.8. The van der Waals surface area contributed by atoms with E-state index in [1.807, 2.05) is 19.1 Å².